The van der Waals surface area contributed by atoms with E-state index >= 15 is 0 Å². The summed E-state index contributed by atoms with van der Waals surface area (Å²) in [6, 6.07) is 0. The molecule has 7 heteroatoms. The quantitative estimate of drug-likeness (QED) is 0.505. The second kappa shape index (κ2) is 2.26. The fourth-order valence-electron chi connectivity index (χ4n) is 0.550. The molecule has 0 radical (unpaired) electrons. The van der Waals surface area contributed by atoms with Gasteiger partial charge in [0, 0.05) is 0 Å². The highest BCUT2D eigenvalue weighted by atomic mass is 32.2. The number of nitrogens with one attached hydrogen (secondary N) is 1. The first-order valence-corrected chi connectivity index (χ1v) is 4.26. The smallest absolute Gasteiger partial charge is 0.272 e. The molecule has 1 N–H and O–H groups in total. The number of carbonyl (C=O) groups is 1. The van der Waals surface area contributed by atoms with E-state index in [1.807, 2.05) is 4.72 Å². The molecule has 0 atom stereocenters. The minimum atomic E-state index is -3.61. The van der Waals surface area contributed by atoms with Crippen LogP contribution in [0.2, 0.25) is 0 Å². The van der Waals surface area contributed by atoms with Crippen LogP contribution in [0.4, 0.5) is 0 Å². The first kappa shape index (κ1) is 7.58. The molecule has 1 saturated heterocycles. The molecule has 56 valence electrons. The molecule has 0 aromatic rings. The van der Waals surface area contributed by atoms with Crippen LogP contribution >= 0.6 is 12.2 Å². The predicted molar refractivity (Wildman–Crippen MR) is 37.4 cm³/mol. The monoisotopic (exact) mass is 180 g/mol. The first-order valence-electron chi connectivity index (χ1n) is 2.35. The summed E-state index contributed by atoms with van der Waals surface area (Å²) in [5, 5.41) is 0. The summed E-state index contributed by atoms with van der Waals surface area (Å²) in [6.45, 7) is -0.199. The van der Waals surface area contributed by atoms with E-state index < -0.39 is 16.1 Å². The predicted octanol–water partition coefficient (Wildman–Crippen LogP) is -1.38. The van der Waals surface area contributed by atoms with Gasteiger partial charge >= 0.3 is 10.2 Å². The highest BCUT2D eigenvalue weighted by Crippen LogP contribution is 2.01. The van der Waals surface area contributed by atoms with Gasteiger partial charge in [0.05, 0.1) is 12.0 Å². The molecule has 0 bridgehead atoms. The maximum atomic E-state index is 10.7. The van der Waals surface area contributed by atoms with E-state index in [-0.39, 0.29) is 6.54 Å². The van der Waals surface area contributed by atoms with Crippen molar-refractivity contribution in [2.75, 3.05) is 6.54 Å². The molecule has 1 rings (SSSR count). The van der Waals surface area contributed by atoms with Gasteiger partial charge in [-0.15, -0.1) is 0 Å². The number of nitrogens with zero attached hydrogens (tertiary/aromatic N) is 1. The van der Waals surface area contributed by atoms with Crippen LogP contribution in [0.5, 0.6) is 0 Å². The topological polar surface area (TPSA) is 66.5 Å². The summed E-state index contributed by atoms with van der Waals surface area (Å²) >= 11 is 4.30. The standard InChI is InChI=1S/C3H4N2O3S2/c6-3-1-4-10(7,8)5(3)2-9/h2,4H,1H2. The Labute approximate surface area is 63.2 Å². The summed E-state index contributed by atoms with van der Waals surface area (Å²) in [6.07, 6.45) is 0. The third-order valence-corrected chi connectivity index (χ3v) is 2.69. The van der Waals surface area contributed by atoms with E-state index in [1.54, 1.807) is 0 Å². The highest BCUT2D eigenvalue weighted by Gasteiger charge is 2.32. The molecule has 0 aliphatic carbocycles. The molecule has 0 saturated carbocycles. The van der Waals surface area contributed by atoms with Crippen molar-refractivity contribution in [2.45, 2.75) is 0 Å². The van der Waals surface area contributed by atoms with Gasteiger partial charge in [-0.05, 0) is 0 Å². The lowest BCUT2D eigenvalue weighted by atomic mass is 10.6. The van der Waals surface area contributed by atoms with Crippen LogP contribution in [0.1, 0.15) is 0 Å². The molecule has 1 heterocycles. The zero-order chi connectivity index (χ0) is 7.78. The van der Waals surface area contributed by atoms with Crippen molar-refractivity contribution in [3.05, 3.63) is 0 Å². The summed E-state index contributed by atoms with van der Waals surface area (Å²) in [5.41, 5.74) is 0.803. The molecule has 10 heavy (non-hydrogen) atoms. The van der Waals surface area contributed by atoms with Crippen LogP contribution in [-0.4, -0.2) is 30.7 Å². The van der Waals surface area contributed by atoms with Crippen molar-refractivity contribution in [3.63, 3.8) is 0 Å². The Morgan fingerprint density at radius 1 is 1.70 bits per heavy atom. The Balaban J connectivity index is 3.06. The third kappa shape index (κ3) is 1.02. The van der Waals surface area contributed by atoms with Gasteiger partial charge in [0.1, 0.15) is 0 Å². The van der Waals surface area contributed by atoms with E-state index in [0.29, 0.717) is 4.31 Å². The van der Waals surface area contributed by atoms with E-state index in [0.717, 1.165) is 5.49 Å². The Hall–Kier alpha value is -0.530. The molecule has 0 aromatic heterocycles. The van der Waals surface area contributed by atoms with Crippen molar-refractivity contribution < 1.29 is 13.2 Å². The molecule has 1 aliphatic rings. The fourth-order valence-corrected chi connectivity index (χ4v) is 1.90. The number of hydrogen-bond donors (Lipinski definition) is 1. The van der Waals surface area contributed by atoms with Gasteiger partial charge in [-0.3, -0.25) is 4.79 Å². The van der Waals surface area contributed by atoms with Crippen LogP contribution in [0, 0.1) is 0 Å². The second-order valence-electron chi connectivity index (χ2n) is 1.62. The molecular formula is C3H4N2O3S2. The third-order valence-electron chi connectivity index (χ3n) is 1.01. The lowest BCUT2D eigenvalue weighted by molar-refractivity contribution is -0.121. The van der Waals surface area contributed by atoms with Crippen molar-refractivity contribution in [1.29, 1.82) is 0 Å². The van der Waals surface area contributed by atoms with Crippen LogP contribution in [0.15, 0.2) is 0 Å². The molecule has 5 nitrogen and oxygen atoms in total. The number of hydrogen-bond acceptors (Lipinski definition) is 4. The van der Waals surface area contributed by atoms with E-state index in [9.17, 15) is 13.2 Å². The largest absolute Gasteiger partial charge is 0.308 e. The maximum Gasteiger partial charge on any atom is 0.308 e. The SMILES string of the molecule is O=C1CNS(=O)(=O)N1C=S. The lowest BCUT2D eigenvalue weighted by Crippen LogP contribution is -2.29. The highest BCUT2D eigenvalue weighted by molar-refractivity contribution is 7.90. The Bertz CT molecular complexity index is 269. The van der Waals surface area contributed by atoms with Crippen molar-refractivity contribution in [1.82, 2.24) is 9.03 Å². The number of rotatable bonds is 1. The second-order valence-corrected chi connectivity index (χ2v) is 3.46. The normalized spacial score (nSPS) is 23.2. The van der Waals surface area contributed by atoms with Crippen molar-refractivity contribution >= 4 is 33.8 Å². The van der Waals surface area contributed by atoms with Gasteiger partial charge in [-0.1, -0.05) is 12.2 Å². The minimum absolute atomic E-state index is 0.199. The molecule has 1 fully saturated rings. The molecular weight excluding hydrogens is 176 g/mol. The fraction of sp³-hybridized carbons (Fsp3) is 0.333. The van der Waals surface area contributed by atoms with Gasteiger partial charge in [0.15, 0.2) is 0 Å². The van der Waals surface area contributed by atoms with Gasteiger partial charge in [-0.25, -0.2) is 0 Å². The zero-order valence-corrected chi connectivity index (χ0v) is 6.41. The van der Waals surface area contributed by atoms with Gasteiger partial charge in [0.2, 0.25) is 0 Å². The van der Waals surface area contributed by atoms with Crippen LogP contribution in [0.25, 0.3) is 0 Å². The van der Waals surface area contributed by atoms with E-state index in [4.69, 9.17) is 0 Å². The molecule has 0 spiro atoms. The van der Waals surface area contributed by atoms with Crippen molar-refractivity contribution in [2.24, 2.45) is 0 Å². The molecule has 1 aliphatic heterocycles. The van der Waals surface area contributed by atoms with Crippen LogP contribution in [0.3, 0.4) is 0 Å². The zero-order valence-electron chi connectivity index (χ0n) is 4.77. The van der Waals surface area contributed by atoms with Gasteiger partial charge in [0.25, 0.3) is 5.91 Å². The first-order chi connectivity index (χ1) is 4.58. The molecule has 0 aromatic carbocycles. The molecule has 0 unspecified atom stereocenters. The van der Waals surface area contributed by atoms with Gasteiger partial charge in [-0.2, -0.15) is 17.4 Å². The maximum absolute atomic E-state index is 10.7. The molecule has 1 amide bonds. The van der Waals surface area contributed by atoms with E-state index in [1.165, 1.54) is 0 Å². The Morgan fingerprint density at radius 3 is 2.50 bits per heavy atom. The summed E-state index contributed by atoms with van der Waals surface area (Å²) in [4.78, 5) is 10.6. The van der Waals surface area contributed by atoms with Crippen LogP contribution in [-0.2, 0) is 15.0 Å². The van der Waals surface area contributed by atoms with Crippen LogP contribution < -0.4 is 4.72 Å². The summed E-state index contributed by atoms with van der Waals surface area (Å²) in [7, 11) is -3.61. The lowest BCUT2D eigenvalue weighted by Gasteiger charge is -2.03. The summed E-state index contributed by atoms with van der Waals surface area (Å²) < 4.78 is 23.9. The van der Waals surface area contributed by atoms with Gasteiger partial charge < -0.3 is 0 Å². The Kier molecular flexibility index (Phi) is 1.71. The van der Waals surface area contributed by atoms with E-state index in [2.05, 4.69) is 12.2 Å². The minimum Gasteiger partial charge on any atom is -0.272 e. The number of thiocarbonyl (C=S) groups is 1. The van der Waals surface area contributed by atoms with Crippen molar-refractivity contribution in [3.8, 4) is 0 Å². The number of carbonyl (C=O) groups excluding carboxylic acids is 1. The number of amides is 1. The average molecular weight is 180 g/mol. The summed E-state index contributed by atoms with van der Waals surface area (Å²) in [5.74, 6) is -0.546. The average Bonchev–Trinajstić information content (AvgIpc) is 2.07. The Morgan fingerprint density at radius 2 is 2.30 bits per heavy atom.